The van der Waals surface area contributed by atoms with Crippen LogP contribution in [0, 0.1) is 6.92 Å². The SMILES string of the molecule is Cc1ccc(C2(C)NC(=O)N(CC(=O)N3CCN(Cc4cccc5ccccc45)CC3)C2=O)cc1. The molecule has 1 N–H and O–H groups in total. The van der Waals surface area contributed by atoms with Gasteiger partial charge in [0.15, 0.2) is 0 Å². The zero-order valence-electron chi connectivity index (χ0n) is 20.2. The van der Waals surface area contributed by atoms with Crippen LogP contribution in [0.25, 0.3) is 10.8 Å². The van der Waals surface area contributed by atoms with Gasteiger partial charge in [-0.05, 0) is 35.7 Å². The summed E-state index contributed by atoms with van der Waals surface area (Å²) in [7, 11) is 0. The molecule has 5 rings (SSSR count). The zero-order chi connectivity index (χ0) is 24.6. The van der Waals surface area contributed by atoms with E-state index in [2.05, 4.69) is 46.6 Å². The Hall–Kier alpha value is -3.71. The summed E-state index contributed by atoms with van der Waals surface area (Å²) in [5, 5.41) is 5.26. The number of piperazine rings is 1. The molecule has 3 aromatic carbocycles. The number of fused-ring (bicyclic) bond motifs is 1. The average Bonchev–Trinajstić information content (AvgIpc) is 3.08. The van der Waals surface area contributed by atoms with Crippen molar-refractivity contribution >= 4 is 28.6 Å². The minimum atomic E-state index is -1.16. The van der Waals surface area contributed by atoms with Crippen LogP contribution in [0.15, 0.2) is 66.7 Å². The van der Waals surface area contributed by atoms with Crippen molar-refractivity contribution in [3.05, 3.63) is 83.4 Å². The Morgan fingerprint density at radius 1 is 0.914 bits per heavy atom. The quantitative estimate of drug-likeness (QED) is 0.581. The highest BCUT2D eigenvalue weighted by Crippen LogP contribution is 2.29. The Kier molecular flexibility index (Phi) is 6.03. The first-order chi connectivity index (χ1) is 16.8. The Morgan fingerprint density at radius 2 is 1.60 bits per heavy atom. The lowest BCUT2D eigenvalue weighted by molar-refractivity contribution is -0.139. The molecule has 4 amide bonds. The molecular weight excluding hydrogens is 440 g/mol. The molecule has 7 heteroatoms. The summed E-state index contributed by atoms with van der Waals surface area (Å²) in [4.78, 5) is 44.0. The van der Waals surface area contributed by atoms with Crippen LogP contribution in [-0.2, 0) is 21.7 Å². The van der Waals surface area contributed by atoms with Gasteiger partial charge in [0.1, 0.15) is 12.1 Å². The number of urea groups is 1. The zero-order valence-corrected chi connectivity index (χ0v) is 20.2. The van der Waals surface area contributed by atoms with E-state index in [-0.39, 0.29) is 12.5 Å². The van der Waals surface area contributed by atoms with Crippen molar-refractivity contribution in [2.45, 2.75) is 25.9 Å². The maximum absolute atomic E-state index is 13.2. The van der Waals surface area contributed by atoms with Crippen LogP contribution in [0.2, 0.25) is 0 Å². The lowest BCUT2D eigenvalue weighted by Crippen LogP contribution is -2.51. The van der Waals surface area contributed by atoms with Gasteiger partial charge in [-0.25, -0.2) is 4.79 Å². The number of carbonyl (C=O) groups is 3. The van der Waals surface area contributed by atoms with Crippen molar-refractivity contribution in [1.82, 2.24) is 20.0 Å². The van der Waals surface area contributed by atoms with Gasteiger partial charge in [-0.2, -0.15) is 0 Å². The first-order valence-electron chi connectivity index (χ1n) is 12.0. The lowest BCUT2D eigenvalue weighted by atomic mass is 9.91. The van der Waals surface area contributed by atoms with Gasteiger partial charge in [0.05, 0.1) is 0 Å². The number of imide groups is 1. The normalized spacial score (nSPS) is 21.0. The summed E-state index contributed by atoms with van der Waals surface area (Å²) < 4.78 is 0. The number of nitrogens with one attached hydrogen (secondary N) is 1. The fourth-order valence-electron chi connectivity index (χ4n) is 4.99. The van der Waals surface area contributed by atoms with Crippen LogP contribution < -0.4 is 5.32 Å². The molecule has 0 bridgehead atoms. The van der Waals surface area contributed by atoms with Crippen molar-refractivity contribution in [3.8, 4) is 0 Å². The summed E-state index contributed by atoms with van der Waals surface area (Å²) in [6.07, 6.45) is 0. The Labute approximate surface area is 205 Å². The largest absolute Gasteiger partial charge is 0.339 e. The minimum Gasteiger partial charge on any atom is -0.339 e. The molecule has 3 aromatic rings. The molecular formula is C28H30N4O3. The molecule has 7 nitrogen and oxygen atoms in total. The van der Waals surface area contributed by atoms with Gasteiger partial charge < -0.3 is 10.2 Å². The molecule has 35 heavy (non-hydrogen) atoms. The predicted octanol–water partition coefficient (Wildman–Crippen LogP) is 3.26. The maximum atomic E-state index is 13.2. The third-order valence-corrected chi connectivity index (χ3v) is 7.20. The summed E-state index contributed by atoms with van der Waals surface area (Å²) in [6, 6.07) is 21.7. The highest BCUT2D eigenvalue weighted by atomic mass is 16.2. The van der Waals surface area contributed by atoms with E-state index >= 15 is 0 Å². The number of hydrogen-bond donors (Lipinski definition) is 1. The highest BCUT2D eigenvalue weighted by molar-refractivity contribution is 6.09. The Bertz CT molecular complexity index is 1280. The van der Waals surface area contributed by atoms with E-state index in [4.69, 9.17) is 0 Å². The molecule has 2 aliphatic heterocycles. The number of hydrogen-bond acceptors (Lipinski definition) is 4. The number of aryl methyl sites for hydroxylation is 1. The Balaban J connectivity index is 1.19. The van der Waals surface area contributed by atoms with E-state index in [0.717, 1.165) is 30.1 Å². The molecule has 2 fully saturated rings. The van der Waals surface area contributed by atoms with Crippen molar-refractivity contribution in [1.29, 1.82) is 0 Å². The van der Waals surface area contributed by atoms with Gasteiger partial charge >= 0.3 is 6.03 Å². The van der Waals surface area contributed by atoms with Crippen LogP contribution >= 0.6 is 0 Å². The summed E-state index contributed by atoms with van der Waals surface area (Å²) >= 11 is 0. The van der Waals surface area contributed by atoms with Gasteiger partial charge in [0.25, 0.3) is 5.91 Å². The van der Waals surface area contributed by atoms with Crippen LogP contribution in [0.5, 0.6) is 0 Å². The van der Waals surface area contributed by atoms with Gasteiger partial charge in [-0.1, -0.05) is 72.3 Å². The molecule has 1 unspecified atom stereocenters. The molecule has 2 heterocycles. The van der Waals surface area contributed by atoms with Crippen molar-refractivity contribution in [3.63, 3.8) is 0 Å². The number of carbonyl (C=O) groups excluding carboxylic acids is 3. The van der Waals surface area contributed by atoms with E-state index in [9.17, 15) is 14.4 Å². The molecule has 0 saturated carbocycles. The average molecular weight is 471 g/mol. The standard InChI is InChI=1S/C28H30N4O3/c1-20-10-12-23(13-11-20)28(2)26(34)32(27(35)29-28)19-25(33)31-16-14-30(15-17-31)18-22-8-5-7-21-6-3-4-9-24(21)22/h3-13H,14-19H2,1-2H3,(H,29,35). The topological polar surface area (TPSA) is 73.0 Å². The molecule has 0 aromatic heterocycles. The van der Waals surface area contributed by atoms with E-state index in [1.54, 1.807) is 11.8 Å². The molecule has 180 valence electrons. The maximum Gasteiger partial charge on any atom is 0.325 e. The lowest BCUT2D eigenvalue weighted by Gasteiger charge is -2.35. The number of nitrogens with zero attached hydrogens (tertiary/aromatic N) is 3. The van der Waals surface area contributed by atoms with Crippen molar-refractivity contribution < 1.29 is 14.4 Å². The van der Waals surface area contributed by atoms with E-state index in [1.807, 2.05) is 37.3 Å². The van der Waals surface area contributed by atoms with Crippen molar-refractivity contribution in [2.24, 2.45) is 0 Å². The molecule has 0 spiro atoms. The highest BCUT2D eigenvalue weighted by Gasteiger charge is 2.49. The third-order valence-electron chi connectivity index (χ3n) is 7.20. The number of rotatable bonds is 5. The van der Waals surface area contributed by atoms with E-state index in [0.29, 0.717) is 18.7 Å². The third kappa shape index (κ3) is 4.39. The first kappa shape index (κ1) is 23.1. The Morgan fingerprint density at radius 3 is 2.34 bits per heavy atom. The molecule has 2 saturated heterocycles. The molecule has 1 atom stereocenters. The van der Waals surface area contributed by atoms with Gasteiger partial charge in [-0.3, -0.25) is 19.4 Å². The van der Waals surface area contributed by atoms with Crippen LogP contribution in [0.3, 0.4) is 0 Å². The monoisotopic (exact) mass is 470 g/mol. The van der Waals surface area contributed by atoms with Gasteiger partial charge in [-0.15, -0.1) is 0 Å². The summed E-state index contributed by atoms with van der Waals surface area (Å²) in [5.74, 6) is -0.597. The number of amides is 4. The fourth-order valence-corrected chi connectivity index (χ4v) is 4.99. The second-order valence-corrected chi connectivity index (χ2v) is 9.61. The number of benzene rings is 3. The summed E-state index contributed by atoms with van der Waals surface area (Å²) in [5.41, 5.74) is 1.89. The van der Waals surface area contributed by atoms with Gasteiger partial charge in [0.2, 0.25) is 5.91 Å². The second-order valence-electron chi connectivity index (χ2n) is 9.61. The molecule has 2 aliphatic rings. The second kappa shape index (κ2) is 9.15. The molecule has 0 aliphatic carbocycles. The minimum absolute atomic E-state index is 0.202. The van der Waals surface area contributed by atoms with Crippen LogP contribution in [0.1, 0.15) is 23.6 Å². The predicted molar refractivity (Wildman–Crippen MR) is 135 cm³/mol. The van der Waals surface area contributed by atoms with Gasteiger partial charge in [0, 0.05) is 32.7 Å². The molecule has 0 radical (unpaired) electrons. The van der Waals surface area contributed by atoms with Crippen LogP contribution in [0.4, 0.5) is 4.79 Å². The van der Waals surface area contributed by atoms with E-state index in [1.165, 1.54) is 16.3 Å². The van der Waals surface area contributed by atoms with E-state index < -0.39 is 17.5 Å². The smallest absolute Gasteiger partial charge is 0.325 e. The van der Waals surface area contributed by atoms with Crippen LogP contribution in [-0.4, -0.2) is 65.3 Å². The first-order valence-corrected chi connectivity index (χ1v) is 12.0. The summed E-state index contributed by atoms with van der Waals surface area (Å²) in [6.45, 7) is 6.88. The fraction of sp³-hybridized carbons (Fsp3) is 0.321. The van der Waals surface area contributed by atoms with Crippen molar-refractivity contribution in [2.75, 3.05) is 32.7 Å².